The maximum atomic E-state index is 10.3. The molecule has 2 N–H and O–H groups in total. The first-order valence-electron chi connectivity index (χ1n) is 16.7. The molecule has 0 radical (unpaired) electrons. The van der Waals surface area contributed by atoms with Crippen LogP contribution in [0.2, 0.25) is 0 Å². The summed E-state index contributed by atoms with van der Waals surface area (Å²) >= 11 is 0. The Morgan fingerprint density at radius 1 is 0.578 bits per heavy atom. The minimum atomic E-state index is -0.00859. The van der Waals surface area contributed by atoms with Gasteiger partial charge < -0.3 is 28.3 Å². The number of hydrogen-bond acceptors (Lipinski definition) is 3. The molecule has 2 aromatic rings. The van der Waals surface area contributed by atoms with E-state index in [0.717, 1.165) is 35.1 Å². The second-order valence-electron chi connectivity index (χ2n) is 16.8. The van der Waals surface area contributed by atoms with Gasteiger partial charge in [0.2, 0.25) is 0 Å². The fraction of sp³-hybridized carbons (Fsp3) is 0.659. The molecular formula is C41H71NO2Zr. The van der Waals surface area contributed by atoms with Crippen molar-refractivity contribution in [3.05, 3.63) is 65.6 Å². The minimum absolute atomic E-state index is 0. The van der Waals surface area contributed by atoms with Crippen molar-refractivity contribution in [1.29, 1.82) is 0 Å². The number of unbranched alkanes of at least 4 members (excludes halogenated alkanes) is 3. The number of hydrogen-bond donors (Lipinski definition) is 2. The summed E-state index contributed by atoms with van der Waals surface area (Å²) in [4.78, 5) is 4.24. The largest absolute Gasteiger partial charge is 2.00 e. The summed E-state index contributed by atoms with van der Waals surface area (Å²) in [5, 5.41) is 20.5. The first kappa shape index (κ1) is 48.0. The molecule has 45 heavy (non-hydrogen) atoms. The Balaban J connectivity index is -0.000000559. The molecule has 4 heteroatoms. The number of rotatable bonds is 4. The van der Waals surface area contributed by atoms with Crippen molar-refractivity contribution in [1.82, 2.24) is 0 Å². The number of aliphatic imine (C=N–C) groups is 1. The van der Waals surface area contributed by atoms with Gasteiger partial charge in [-0.15, -0.1) is 0 Å². The van der Waals surface area contributed by atoms with Crippen molar-refractivity contribution in [2.24, 2.45) is 4.99 Å². The molecule has 0 heterocycles. The average molecular weight is 701 g/mol. The molecule has 0 atom stereocenters. The van der Waals surface area contributed by atoms with E-state index in [9.17, 15) is 10.2 Å². The van der Waals surface area contributed by atoms with Gasteiger partial charge in [0, 0.05) is 5.54 Å². The molecule has 0 aliphatic carbocycles. The van der Waals surface area contributed by atoms with E-state index in [0.29, 0.717) is 11.5 Å². The van der Waals surface area contributed by atoms with E-state index in [-0.39, 0.29) is 53.4 Å². The van der Waals surface area contributed by atoms with Crippen molar-refractivity contribution in [3.8, 4) is 11.5 Å². The molecule has 0 aromatic heterocycles. The summed E-state index contributed by atoms with van der Waals surface area (Å²) in [6, 6.07) is 12.1. The predicted molar refractivity (Wildman–Crippen MR) is 198 cm³/mol. The van der Waals surface area contributed by atoms with E-state index in [4.69, 9.17) is 0 Å². The second kappa shape index (κ2) is 20.7. The van der Waals surface area contributed by atoms with Crippen LogP contribution >= 0.6 is 0 Å². The Morgan fingerprint density at radius 3 is 1.02 bits per heavy atom. The maximum Gasteiger partial charge on any atom is 2.00 e. The quantitative estimate of drug-likeness (QED) is 0.189. The fourth-order valence-corrected chi connectivity index (χ4v) is 4.06. The summed E-state index contributed by atoms with van der Waals surface area (Å²) in [5.41, 5.74) is 4.12. The van der Waals surface area contributed by atoms with Crippen molar-refractivity contribution >= 4 is 6.21 Å². The molecule has 2 aromatic carbocycles. The van der Waals surface area contributed by atoms with Crippen LogP contribution < -0.4 is 0 Å². The number of benzene rings is 2. The molecule has 256 valence electrons. The van der Waals surface area contributed by atoms with E-state index in [1.807, 2.05) is 36.4 Å². The molecular weight excluding hydrogens is 630 g/mol. The summed E-state index contributed by atoms with van der Waals surface area (Å²) in [6.45, 7) is 39.6. The number of phenols is 2. The van der Waals surface area contributed by atoms with E-state index in [2.05, 4.69) is 136 Å². The van der Waals surface area contributed by atoms with E-state index >= 15 is 0 Å². The Labute approximate surface area is 300 Å². The van der Waals surface area contributed by atoms with Crippen LogP contribution in [0.3, 0.4) is 0 Å². The van der Waals surface area contributed by atoms with Crippen LogP contribution in [-0.4, -0.2) is 22.0 Å². The summed E-state index contributed by atoms with van der Waals surface area (Å²) < 4.78 is 0. The Kier molecular flexibility index (Phi) is 22.1. The van der Waals surface area contributed by atoms with Gasteiger partial charge in [0.1, 0.15) is 11.5 Å². The summed E-state index contributed by atoms with van der Waals surface area (Å²) in [6.07, 6.45) is 8.77. The number of aromatic hydroxyl groups is 2. The van der Waals surface area contributed by atoms with E-state index in [1.54, 1.807) is 0 Å². The van der Waals surface area contributed by atoms with Gasteiger partial charge in [0.25, 0.3) is 0 Å². The predicted octanol–water partition coefficient (Wildman–Crippen LogP) is 12.5. The maximum absolute atomic E-state index is 10.3. The van der Waals surface area contributed by atoms with E-state index in [1.165, 1.54) is 19.3 Å². The first-order valence-corrected chi connectivity index (χ1v) is 16.7. The van der Waals surface area contributed by atoms with Crippen LogP contribution in [0.15, 0.2) is 41.4 Å². The topological polar surface area (TPSA) is 52.8 Å². The molecule has 0 saturated heterocycles. The van der Waals surface area contributed by atoms with Crippen molar-refractivity contribution in [2.75, 3.05) is 0 Å². The molecule has 3 nitrogen and oxygen atoms in total. The van der Waals surface area contributed by atoms with Crippen LogP contribution in [0.1, 0.15) is 172 Å². The molecule has 2 rings (SSSR count). The Morgan fingerprint density at radius 2 is 0.844 bits per heavy atom. The summed E-state index contributed by atoms with van der Waals surface area (Å²) in [7, 11) is 0. The third-order valence-electron chi connectivity index (χ3n) is 6.71. The molecule has 0 unspecified atom stereocenters. The number of phenolic OH excluding ortho intramolecular Hbond substituents is 2. The van der Waals surface area contributed by atoms with E-state index < -0.39 is 0 Å². The van der Waals surface area contributed by atoms with Crippen LogP contribution in [0, 0.1) is 6.92 Å². The fourth-order valence-electron chi connectivity index (χ4n) is 4.06. The van der Waals surface area contributed by atoms with Crippen LogP contribution in [-0.2, 0) is 47.9 Å². The Bertz CT molecular complexity index is 959. The smallest absolute Gasteiger partial charge is 0.507 e. The normalized spacial score (nSPS) is 12.1. The summed E-state index contributed by atoms with van der Waals surface area (Å²) in [5.74, 6) is 0.912. The van der Waals surface area contributed by atoms with Gasteiger partial charge >= 0.3 is 26.2 Å². The van der Waals surface area contributed by atoms with Crippen molar-refractivity contribution in [2.45, 2.75) is 177 Å². The van der Waals surface area contributed by atoms with Crippen LogP contribution in [0.4, 0.5) is 0 Å². The molecule has 0 aliphatic rings. The average Bonchev–Trinajstić information content (AvgIpc) is 2.84. The van der Waals surface area contributed by atoms with Crippen molar-refractivity contribution < 1.29 is 36.4 Å². The van der Waals surface area contributed by atoms with Gasteiger partial charge in [-0.05, 0) is 64.7 Å². The molecule has 0 spiro atoms. The van der Waals surface area contributed by atoms with Gasteiger partial charge in [-0.1, -0.05) is 153 Å². The zero-order valence-electron chi connectivity index (χ0n) is 32.5. The molecule has 0 bridgehead atoms. The number of nitrogens with zero attached hydrogens (tertiary/aromatic N) is 1. The molecule has 0 aliphatic heterocycles. The molecule has 0 amide bonds. The SMILES string of the molecule is CC(C)(C)c1cccc(C(C)(C)C)c1O.CC(C)(C)c1cccc(C(C)(C)C)c1O.CCCC[C-]=NC(C)(C)C.[CH2-]CCC.[Zr+2]. The minimum Gasteiger partial charge on any atom is -0.507 e. The van der Waals surface area contributed by atoms with Crippen LogP contribution in [0.25, 0.3) is 0 Å². The zero-order valence-corrected chi connectivity index (χ0v) is 35.0. The zero-order chi connectivity index (χ0) is 35.2. The first-order chi connectivity index (χ1) is 19.8. The molecule has 0 fully saturated rings. The van der Waals surface area contributed by atoms with Gasteiger partial charge in [-0.2, -0.15) is 12.8 Å². The van der Waals surface area contributed by atoms with Gasteiger partial charge in [0.15, 0.2) is 0 Å². The molecule has 0 saturated carbocycles. The van der Waals surface area contributed by atoms with Gasteiger partial charge in [-0.3, -0.25) is 0 Å². The monoisotopic (exact) mass is 699 g/mol. The number of para-hydroxylation sites is 2. The van der Waals surface area contributed by atoms with Crippen LogP contribution in [0.5, 0.6) is 11.5 Å². The Hall–Kier alpha value is -1.41. The second-order valence-corrected chi connectivity index (χ2v) is 16.8. The van der Waals surface area contributed by atoms with Crippen molar-refractivity contribution in [3.63, 3.8) is 0 Å². The third kappa shape index (κ3) is 20.4. The van der Waals surface area contributed by atoms with Gasteiger partial charge in [-0.25, -0.2) is 0 Å². The standard InChI is InChI=1S/2C14H22O.C9H18N.C4H9.Zr/c2*1-13(2,3)10-8-7-9-11(12(10)15)14(4,5)6;1-5-6-7-8-10-9(2,3)4;1-3-4-2;/h2*7-9,15H,1-6H3;5-7H2,1-4H3;1,3-4H2,2H3;/q;;2*-1;+2. The third-order valence-corrected chi connectivity index (χ3v) is 6.71. The van der Waals surface area contributed by atoms with Gasteiger partial charge in [0.05, 0.1) is 0 Å².